The Morgan fingerprint density at radius 1 is 1.32 bits per heavy atom. The Labute approximate surface area is 146 Å². The largest absolute Gasteiger partial charge is 0.491 e. The van der Waals surface area contributed by atoms with Crippen LogP contribution in [0.15, 0.2) is 12.1 Å². The third kappa shape index (κ3) is 4.97. The van der Waals surface area contributed by atoms with E-state index in [2.05, 4.69) is 6.92 Å². The number of Topliss-reactive ketones (excluding diaryl/α,β-unsaturated/α-hetero) is 1. The third-order valence-corrected chi connectivity index (χ3v) is 4.54. The van der Waals surface area contributed by atoms with Crippen LogP contribution in [0.3, 0.4) is 0 Å². The molecule has 3 nitrogen and oxygen atoms in total. The summed E-state index contributed by atoms with van der Waals surface area (Å²) in [5.41, 5.74) is -1.16. The van der Waals surface area contributed by atoms with Crippen molar-refractivity contribution in [2.75, 3.05) is 13.2 Å². The van der Waals surface area contributed by atoms with Crippen molar-refractivity contribution in [2.45, 2.75) is 58.5 Å². The van der Waals surface area contributed by atoms with Gasteiger partial charge >= 0.3 is 0 Å². The molecule has 0 saturated carbocycles. The van der Waals surface area contributed by atoms with Gasteiger partial charge < -0.3 is 9.47 Å². The van der Waals surface area contributed by atoms with E-state index in [-0.39, 0.29) is 30.4 Å². The van der Waals surface area contributed by atoms with E-state index in [9.17, 15) is 18.0 Å². The highest BCUT2D eigenvalue weighted by Crippen LogP contribution is 2.33. The minimum absolute atomic E-state index is 0.00795. The highest BCUT2D eigenvalue weighted by atomic mass is 19.3. The number of benzene rings is 1. The van der Waals surface area contributed by atoms with Gasteiger partial charge in [-0.1, -0.05) is 13.3 Å². The van der Waals surface area contributed by atoms with Gasteiger partial charge in [0, 0.05) is 18.6 Å². The normalized spacial score (nSPS) is 20.7. The van der Waals surface area contributed by atoms with Crippen molar-refractivity contribution >= 4 is 5.78 Å². The predicted octanol–water partition coefficient (Wildman–Crippen LogP) is 5.33. The van der Waals surface area contributed by atoms with Crippen molar-refractivity contribution < 1.29 is 27.4 Å². The lowest BCUT2D eigenvalue weighted by Crippen LogP contribution is -2.28. The van der Waals surface area contributed by atoms with E-state index in [0.717, 1.165) is 25.7 Å². The van der Waals surface area contributed by atoms with Crippen molar-refractivity contribution in [3.8, 4) is 5.75 Å². The highest BCUT2D eigenvalue weighted by molar-refractivity contribution is 5.98. The van der Waals surface area contributed by atoms with E-state index in [1.165, 1.54) is 12.1 Å². The molecule has 1 aliphatic heterocycles. The summed E-state index contributed by atoms with van der Waals surface area (Å²) in [4.78, 5) is 12.4. The molecule has 2 unspecified atom stereocenters. The summed E-state index contributed by atoms with van der Waals surface area (Å²) in [5, 5.41) is 0. The topological polar surface area (TPSA) is 35.5 Å². The molecule has 1 saturated heterocycles. The number of carbonyl (C=O) groups is 1. The van der Waals surface area contributed by atoms with E-state index in [1.54, 1.807) is 6.92 Å². The third-order valence-electron chi connectivity index (χ3n) is 4.54. The van der Waals surface area contributed by atoms with Crippen LogP contribution >= 0.6 is 0 Å². The summed E-state index contributed by atoms with van der Waals surface area (Å²) in [6, 6.07) is 2.46. The molecule has 140 valence electrons. The monoisotopic (exact) mass is 358 g/mol. The number of hydrogen-bond acceptors (Lipinski definition) is 3. The molecule has 0 spiro atoms. The number of ketones is 1. The Morgan fingerprint density at radius 2 is 2.08 bits per heavy atom. The second-order valence-corrected chi connectivity index (χ2v) is 6.39. The lowest BCUT2D eigenvalue weighted by Gasteiger charge is -2.28. The molecule has 1 aromatic carbocycles. The Hall–Kier alpha value is -1.56. The van der Waals surface area contributed by atoms with Gasteiger partial charge in [0.15, 0.2) is 17.3 Å². The van der Waals surface area contributed by atoms with Crippen LogP contribution in [-0.4, -0.2) is 25.1 Å². The van der Waals surface area contributed by atoms with Gasteiger partial charge in [-0.05, 0) is 44.2 Å². The zero-order chi connectivity index (χ0) is 18.4. The number of hydrogen-bond donors (Lipinski definition) is 0. The van der Waals surface area contributed by atoms with Crippen molar-refractivity contribution in [3.05, 3.63) is 29.1 Å². The summed E-state index contributed by atoms with van der Waals surface area (Å²) < 4.78 is 51.6. The first-order valence-corrected chi connectivity index (χ1v) is 8.86. The fourth-order valence-corrected chi connectivity index (χ4v) is 3.27. The number of rotatable bonds is 8. The van der Waals surface area contributed by atoms with Crippen LogP contribution in [0.25, 0.3) is 0 Å². The fourth-order valence-electron chi connectivity index (χ4n) is 3.27. The van der Waals surface area contributed by atoms with Crippen LogP contribution in [0.2, 0.25) is 0 Å². The molecule has 6 heteroatoms. The van der Waals surface area contributed by atoms with Gasteiger partial charge in [0.25, 0.3) is 6.43 Å². The zero-order valence-electron chi connectivity index (χ0n) is 14.7. The first-order valence-electron chi connectivity index (χ1n) is 8.86. The average Bonchev–Trinajstić information content (AvgIpc) is 2.58. The van der Waals surface area contributed by atoms with E-state index in [4.69, 9.17) is 9.47 Å². The standard InChI is InChI=1S/C19H25F3O3/c1-3-5-12-6-7-13(25-11-12)10-15(23)14-8-9-16(24-4-2)18(20)17(14)19(21)22/h8-9,12-13,19H,3-7,10-11H2,1-2H3. The molecule has 1 aromatic rings. The molecular formula is C19H25F3O3. The maximum atomic E-state index is 14.3. The molecule has 0 N–H and O–H groups in total. The molecule has 0 aliphatic carbocycles. The zero-order valence-corrected chi connectivity index (χ0v) is 14.7. The number of alkyl halides is 2. The van der Waals surface area contributed by atoms with Crippen LogP contribution in [-0.2, 0) is 4.74 Å². The van der Waals surface area contributed by atoms with Crippen molar-refractivity contribution in [3.63, 3.8) is 0 Å². The quantitative estimate of drug-likeness (QED) is 0.589. The Kier molecular flexibility index (Phi) is 7.29. The predicted molar refractivity (Wildman–Crippen MR) is 88.8 cm³/mol. The molecule has 0 bridgehead atoms. The number of carbonyl (C=O) groups excluding carboxylic acids is 1. The maximum Gasteiger partial charge on any atom is 0.267 e. The van der Waals surface area contributed by atoms with E-state index in [0.29, 0.717) is 12.5 Å². The maximum absolute atomic E-state index is 14.3. The van der Waals surface area contributed by atoms with E-state index in [1.807, 2.05) is 0 Å². The smallest absolute Gasteiger partial charge is 0.267 e. The number of ether oxygens (including phenoxy) is 2. The average molecular weight is 358 g/mol. The first-order chi connectivity index (χ1) is 12.0. The molecule has 0 radical (unpaired) electrons. The Morgan fingerprint density at radius 3 is 2.64 bits per heavy atom. The minimum atomic E-state index is -3.08. The molecule has 2 atom stereocenters. The van der Waals surface area contributed by atoms with Crippen molar-refractivity contribution in [1.82, 2.24) is 0 Å². The lowest BCUT2D eigenvalue weighted by atomic mass is 9.91. The van der Waals surface area contributed by atoms with Gasteiger partial charge in [0.1, 0.15) is 0 Å². The molecule has 1 heterocycles. The molecule has 1 fully saturated rings. The summed E-state index contributed by atoms with van der Waals surface area (Å²) in [6.07, 6.45) is 0.472. The lowest BCUT2D eigenvalue weighted by molar-refractivity contribution is -0.0186. The number of halogens is 3. The molecule has 1 aliphatic rings. The summed E-state index contributed by atoms with van der Waals surface area (Å²) in [7, 11) is 0. The van der Waals surface area contributed by atoms with Gasteiger partial charge in [-0.2, -0.15) is 0 Å². The van der Waals surface area contributed by atoms with Crippen LogP contribution < -0.4 is 4.74 Å². The van der Waals surface area contributed by atoms with Gasteiger partial charge in [0.05, 0.1) is 18.3 Å². The second-order valence-electron chi connectivity index (χ2n) is 6.39. The van der Waals surface area contributed by atoms with Gasteiger partial charge in [-0.3, -0.25) is 4.79 Å². The molecule has 25 heavy (non-hydrogen) atoms. The molecule has 2 rings (SSSR count). The molecular weight excluding hydrogens is 333 g/mol. The SMILES string of the molecule is CCCC1CCC(CC(=O)c2ccc(OCC)c(F)c2C(F)F)OC1. The molecule has 0 amide bonds. The summed E-state index contributed by atoms with van der Waals surface area (Å²) in [6.45, 7) is 4.49. The van der Waals surface area contributed by atoms with E-state index < -0.39 is 23.6 Å². The summed E-state index contributed by atoms with van der Waals surface area (Å²) in [5.74, 6) is -1.44. The second kappa shape index (κ2) is 9.22. The first kappa shape index (κ1) is 19.8. The fraction of sp³-hybridized carbons (Fsp3) is 0.632. The minimum Gasteiger partial charge on any atom is -0.491 e. The van der Waals surface area contributed by atoms with Crippen LogP contribution in [0, 0.1) is 11.7 Å². The van der Waals surface area contributed by atoms with Gasteiger partial charge in [-0.15, -0.1) is 0 Å². The van der Waals surface area contributed by atoms with Gasteiger partial charge in [-0.25, -0.2) is 13.2 Å². The van der Waals surface area contributed by atoms with Crippen molar-refractivity contribution in [1.29, 1.82) is 0 Å². The highest BCUT2D eigenvalue weighted by Gasteiger charge is 2.29. The van der Waals surface area contributed by atoms with Crippen LogP contribution in [0.4, 0.5) is 13.2 Å². The van der Waals surface area contributed by atoms with E-state index >= 15 is 0 Å². The summed E-state index contributed by atoms with van der Waals surface area (Å²) >= 11 is 0. The van der Waals surface area contributed by atoms with Gasteiger partial charge in [0.2, 0.25) is 0 Å². The Balaban J connectivity index is 2.10. The van der Waals surface area contributed by atoms with Crippen LogP contribution in [0.1, 0.15) is 68.3 Å². The molecule has 0 aromatic heterocycles. The van der Waals surface area contributed by atoms with Crippen LogP contribution in [0.5, 0.6) is 5.75 Å². The van der Waals surface area contributed by atoms with Crippen molar-refractivity contribution in [2.24, 2.45) is 5.92 Å². The Bertz CT molecular complexity index is 582.